The highest BCUT2D eigenvalue weighted by molar-refractivity contribution is 9.08. The maximum atomic E-state index is 6.04. The molecule has 1 aliphatic rings. The molecule has 0 N–H and O–H groups in total. The predicted molar refractivity (Wildman–Crippen MR) is 73.1 cm³/mol. The van der Waals surface area contributed by atoms with Gasteiger partial charge in [-0.15, -0.1) is 0 Å². The van der Waals surface area contributed by atoms with E-state index in [0.717, 1.165) is 16.8 Å². The summed E-state index contributed by atoms with van der Waals surface area (Å²) in [4.78, 5) is 0. The van der Waals surface area contributed by atoms with Crippen LogP contribution in [-0.4, -0.2) is 13.2 Å². The summed E-state index contributed by atoms with van der Waals surface area (Å²) in [6.07, 6.45) is 6.62. The molecule has 0 unspecified atom stereocenters. The Hall–Kier alpha value is -0.700. The van der Waals surface area contributed by atoms with Crippen molar-refractivity contribution in [1.82, 2.24) is 0 Å². The van der Waals surface area contributed by atoms with Gasteiger partial charge in [0.1, 0.15) is 0 Å². The Morgan fingerprint density at radius 3 is 2.59 bits per heavy atom. The van der Waals surface area contributed by atoms with Gasteiger partial charge < -0.3 is 9.47 Å². The lowest BCUT2D eigenvalue weighted by atomic mass is 9.98. The zero-order chi connectivity index (χ0) is 12.1. The van der Waals surface area contributed by atoms with E-state index in [9.17, 15) is 0 Å². The van der Waals surface area contributed by atoms with Gasteiger partial charge in [-0.1, -0.05) is 28.4 Å². The second-order valence-electron chi connectivity index (χ2n) is 4.50. The maximum absolute atomic E-state index is 6.04. The number of benzene rings is 1. The summed E-state index contributed by atoms with van der Waals surface area (Å²) in [5.74, 6) is 1.72. The fourth-order valence-corrected chi connectivity index (χ4v) is 2.60. The van der Waals surface area contributed by atoms with Crippen LogP contribution in [0.3, 0.4) is 0 Å². The van der Waals surface area contributed by atoms with E-state index in [4.69, 9.17) is 9.47 Å². The number of alkyl halides is 1. The highest BCUT2D eigenvalue weighted by atomic mass is 79.9. The van der Waals surface area contributed by atoms with Crippen molar-refractivity contribution in [2.75, 3.05) is 7.11 Å². The Bertz CT molecular complexity index is 359. The van der Waals surface area contributed by atoms with E-state index in [1.807, 2.05) is 12.1 Å². The van der Waals surface area contributed by atoms with E-state index in [0.29, 0.717) is 6.10 Å². The maximum Gasteiger partial charge on any atom is 0.161 e. The third-order valence-electron chi connectivity index (χ3n) is 3.23. The molecule has 0 aromatic heterocycles. The number of rotatable bonds is 4. The molecular formula is C14H19BrO2. The van der Waals surface area contributed by atoms with Crippen molar-refractivity contribution >= 4 is 15.9 Å². The van der Waals surface area contributed by atoms with Crippen LogP contribution in [-0.2, 0) is 5.33 Å². The number of methoxy groups -OCH3 is 1. The van der Waals surface area contributed by atoms with E-state index in [2.05, 4.69) is 22.0 Å². The minimum atomic E-state index is 0.368. The first kappa shape index (κ1) is 12.7. The third kappa shape index (κ3) is 3.38. The molecule has 1 aromatic rings. The van der Waals surface area contributed by atoms with Crippen molar-refractivity contribution in [2.45, 2.75) is 43.5 Å². The van der Waals surface area contributed by atoms with Gasteiger partial charge in [-0.3, -0.25) is 0 Å². The van der Waals surface area contributed by atoms with Crippen molar-refractivity contribution in [3.8, 4) is 11.5 Å². The van der Waals surface area contributed by atoms with Gasteiger partial charge in [0.2, 0.25) is 0 Å². The number of hydrogen-bond acceptors (Lipinski definition) is 2. The largest absolute Gasteiger partial charge is 0.493 e. The number of halogens is 1. The van der Waals surface area contributed by atoms with Crippen molar-refractivity contribution in [3.05, 3.63) is 23.8 Å². The van der Waals surface area contributed by atoms with E-state index in [1.54, 1.807) is 7.11 Å². The van der Waals surface area contributed by atoms with Crippen LogP contribution in [0.2, 0.25) is 0 Å². The lowest BCUT2D eigenvalue weighted by Crippen LogP contribution is -2.19. The van der Waals surface area contributed by atoms with Crippen LogP contribution in [0.25, 0.3) is 0 Å². The van der Waals surface area contributed by atoms with Crippen molar-refractivity contribution < 1.29 is 9.47 Å². The minimum absolute atomic E-state index is 0.368. The Balaban J connectivity index is 2.08. The van der Waals surface area contributed by atoms with Crippen LogP contribution in [0.4, 0.5) is 0 Å². The molecule has 17 heavy (non-hydrogen) atoms. The van der Waals surface area contributed by atoms with Crippen LogP contribution in [0, 0.1) is 0 Å². The average molecular weight is 299 g/mol. The van der Waals surface area contributed by atoms with Crippen LogP contribution in [0.5, 0.6) is 11.5 Å². The first-order valence-corrected chi connectivity index (χ1v) is 7.35. The molecule has 0 radical (unpaired) electrons. The summed E-state index contributed by atoms with van der Waals surface area (Å²) in [6.45, 7) is 0. The summed E-state index contributed by atoms with van der Waals surface area (Å²) in [7, 11) is 1.70. The van der Waals surface area contributed by atoms with Gasteiger partial charge >= 0.3 is 0 Å². The molecule has 0 heterocycles. The van der Waals surface area contributed by atoms with Crippen LogP contribution in [0.15, 0.2) is 18.2 Å². The molecular weight excluding hydrogens is 280 g/mol. The Labute approximate surface area is 111 Å². The van der Waals surface area contributed by atoms with Gasteiger partial charge in [-0.05, 0) is 43.4 Å². The van der Waals surface area contributed by atoms with Gasteiger partial charge in [0, 0.05) is 5.33 Å². The van der Waals surface area contributed by atoms with Crippen molar-refractivity contribution in [1.29, 1.82) is 0 Å². The van der Waals surface area contributed by atoms with E-state index in [-0.39, 0.29) is 0 Å². The fourth-order valence-electron chi connectivity index (χ4n) is 2.26. The average Bonchev–Trinajstić information content (AvgIpc) is 2.40. The molecule has 3 heteroatoms. The van der Waals surface area contributed by atoms with Crippen LogP contribution < -0.4 is 9.47 Å². The molecule has 2 rings (SSSR count). The monoisotopic (exact) mass is 298 g/mol. The molecule has 0 amide bonds. The predicted octanol–water partition coefficient (Wildman–Crippen LogP) is 4.30. The van der Waals surface area contributed by atoms with E-state index in [1.165, 1.54) is 37.7 Å². The first-order valence-electron chi connectivity index (χ1n) is 6.23. The van der Waals surface area contributed by atoms with Crippen LogP contribution in [0.1, 0.15) is 37.7 Å². The lowest BCUT2D eigenvalue weighted by Gasteiger charge is -2.24. The molecule has 0 aliphatic heterocycles. The second kappa shape index (κ2) is 6.29. The Kier molecular flexibility index (Phi) is 4.72. The summed E-state index contributed by atoms with van der Waals surface area (Å²) < 4.78 is 11.4. The van der Waals surface area contributed by atoms with Gasteiger partial charge in [0.15, 0.2) is 11.5 Å². The molecule has 1 fully saturated rings. The first-order chi connectivity index (χ1) is 8.33. The number of hydrogen-bond donors (Lipinski definition) is 0. The van der Waals surface area contributed by atoms with Crippen molar-refractivity contribution in [2.24, 2.45) is 0 Å². The smallest absolute Gasteiger partial charge is 0.161 e. The Morgan fingerprint density at radius 1 is 1.18 bits per heavy atom. The SMILES string of the molecule is COc1cc(CBr)ccc1OC1CCCCC1. The summed E-state index contributed by atoms with van der Waals surface area (Å²) in [5.41, 5.74) is 1.21. The molecule has 1 aliphatic carbocycles. The highest BCUT2D eigenvalue weighted by Gasteiger charge is 2.16. The molecule has 1 aromatic carbocycles. The van der Waals surface area contributed by atoms with E-state index >= 15 is 0 Å². The van der Waals surface area contributed by atoms with Gasteiger partial charge in [-0.25, -0.2) is 0 Å². The topological polar surface area (TPSA) is 18.5 Å². The van der Waals surface area contributed by atoms with Gasteiger partial charge in [-0.2, -0.15) is 0 Å². The molecule has 0 bridgehead atoms. The highest BCUT2D eigenvalue weighted by Crippen LogP contribution is 2.32. The zero-order valence-electron chi connectivity index (χ0n) is 10.2. The third-order valence-corrected chi connectivity index (χ3v) is 3.88. The normalized spacial score (nSPS) is 16.8. The fraction of sp³-hybridized carbons (Fsp3) is 0.571. The molecule has 0 spiro atoms. The number of ether oxygens (including phenoxy) is 2. The molecule has 1 saturated carbocycles. The summed E-state index contributed by atoms with van der Waals surface area (Å²) in [6, 6.07) is 6.13. The quantitative estimate of drug-likeness (QED) is 0.772. The Morgan fingerprint density at radius 2 is 1.94 bits per heavy atom. The standard InChI is InChI=1S/C14H19BrO2/c1-16-14-9-11(10-15)7-8-13(14)17-12-5-3-2-4-6-12/h7-9,12H,2-6,10H2,1H3. The second-order valence-corrected chi connectivity index (χ2v) is 5.06. The van der Waals surface area contributed by atoms with Gasteiger partial charge in [0.25, 0.3) is 0 Å². The summed E-state index contributed by atoms with van der Waals surface area (Å²) in [5, 5.41) is 0.840. The molecule has 94 valence electrons. The molecule has 0 atom stereocenters. The molecule has 2 nitrogen and oxygen atoms in total. The van der Waals surface area contributed by atoms with Crippen LogP contribution >= 0.6 is 15.9 Å². The zero-order valence-corrected chi connectivity index (χ0v) is 11.8. The lowest BCUT2D eigenvalue weighted by molar-refractivity contribution is 0.149. The summed E-state index contributed by atoms with van der Waals surface area (Å²) >= 11 is 3.45. The van der Waals surface area contributed by atoms with Crippen molar-refractivity contribution in [3.63, 3.8) is 0 Å². The van der Waals surface area contributed by atoms with E-state index < -0.39 is 0 Å². The van der Waals surface area contributed by atoms with Gasteiger partial charge in [0.05, 0.1) is 13.2 Å². The molecule has 0 saturated heterocycles. The minimum Gasteiger partial charge on any atom is -0.493 e.